The summed E-state index contributed by atoms with van der Waals surface area (Å²) in [5.74, 6) is 0.0595. The van der Waals surface area contributed by atoms with Crippen LogP contribution in [0.3, 0.4) is 0 Å². The van der Waals surface area contributed by atoms with Gasteiger partial charge in [0.2, 0.25) is 5.78 Å². The van der Waals surface area contributed by atoms with Gasteiger partial charge in [0, 0.05) is 12.1 Å². The fourth-order valence-electron chi connectivity index (χ4n) is 2.02. The highest BCUT2D eigenvalue weighted by Gasteiger charge is 2.31. The number of hydrogen-bond acceptors (Lipinski definition) is 4. The summed E-state index contributed by atoms with van der Waals surface area (Å²) in [5.41, 5.74) is -0.516. The quantitative estimate of drug-likeness (QED) is 0.855. The predicted octanol–water partition coefficient (Wildman–Crippen LogP) is 1.95. The molecule has 1 N–H and O–H groups in total. The number of nitrogens with zero attached hydrogens (tertiary/aromatic N) is 3. The van der Waals surface area contributed by atoms with Crippen molar-refractivity contribution in [2.24, 2.45) is 0 Å². The molecule has 0 saturated heterocycles. The number of benzene rings is 1. The van der Waals surface area contributed by atoms with E-state index in [1.54, 1.807) is 4.68 Å². The van der Waals surface area contributed by atoms with Crippen LogP contribution in [0.2, 0.25) is 0 Å². The minimum absolute atomic E-state index is 0.127. The molecule has 0 saturated carbocycles. The Hall–Kier alpha value is -2.38. The minimum atomic E-state index is -4.42. The highest BCUT2D eigenvalue weighted by Crippen LogP contribution is 2.29. The highest BCUT2D eigenvalue weighted by atomic mass is 19.4. The molecule has 5 nitrogen and oxygen atoms in total. The van der Waals surface area contributed by atoms with Gasteiger partial charge in [-0.1, -0.05) is 17.3 Å². The summed E-state index contributed by atoms with van der Waals surface area (Å²) in [6.07, 6.45) is -4.42. The fraction of sp³-hybridized carbons (Fsp3) is 0.250. The summed E-state index contributed by atoms with van der Waals surface area (Å²) in [4.78, 5) is 12.2. The number of carbonyl (C=O) groups is 1. The van der Waals surface area contributed by atoms with Crippen LogP contribution in [-0.4, -0.2) is 27.3 Å². The van der Waals surface area contributed by atoms with Crippen molar-refractivity contribution >= 4 is 11.6 Å². The Balaban J connectivity index is 1.91. The lowest BCUT2D eigenvalue weighted by Crippen LogP contribution is -2.08. The standard InChI is InChI=1S/C12H9F3N4O/c13-12(14,15)8-3-1-7(2-4-8)10(20)9-11-16-5-6-19(11)18-17-9/h1-4,16H,5-6H2. The van der Waals surface area contributed by atoms with Crippen molar-refractivity contribution in [3.05, 3.63) is 41.1 Å². The number of ketones is 1. The van der Waals surface area contributed by atoms with Crippen molar-refractivity contribution in [3.8, 4) is 0 Å². The zero-order valence-electron chi connectivity index (χ0n) is 10.1. The average Bonchev–Trinajstić information content (AvgIpc) is 2.99. The van der Waals surface area contributed by atoms with Crippen LogP contribution >= 0.6 is 0 Å². The van der Waals surface area contributed by atoms with Gasteiger partial charge in [0.1, 0.15) is 0 Å². The Morgan fingerprint density at radius 3 is 2.60 bits per heavy atom. The first-order valence-electron chi connectivity index (χ1n) is 5.86. The van der Waals surface area contributed by atoms with Crippen LogP contribution in [0.15, 0.2) is 24.3 Å². The highest BCUT2D eigenvalue weighted by molar-refractivity contribution is 6.10. The molecule has 2 heterocycles. The van der Waals surface area contributed by atoms with Gasteiger partial charge in [-0.2, -0.15) is 13.2 Å². The number of alkyl halides is 3. The van der Waals surface area contributed by atoms with Crippen LogP contribution in [0.1, 0.15) is 21.6 Å². The van der Waals surface area contributed by atoms with Crippen LogP contribution in [-0.2, 0) is 12.7 Å². The predicted molar refractivity (Wildman–Crippen MR) is 63.4 cm³/mol. The smallest absolute Gasteiger partial charge is 0.366 e. The molecule has 0 radical (unpaired) electrons. The third-order valence-electron chi connectivity index (χ3n) is 3.04. The second kappa shape index (κ2) is 4.32. The maximum Gasteiger partial charge on any atom is 0.416 e. The first-order valence-corrected chi connectivity index (χ1v) is 5.86. The van der Waals surface area contributed by atoms with Crippen molar-refractivity contribution in [3.63, 3.8) is 0 Å². The molecule has 0 aliphatic carbocycles. The summed E-state index contributed by atoms with van der Waals surface area (Å²) < 4.78 is 38.9. The minimum Gasteiger partial charge on any atom is -0.366 e. The van der Waals surface area contributed by atoms with E-state index in [1.165, 1.54) is 0 Å². The van der Waals surface area contributed by atoms with E-state index in [2.05, 4.69) is 15.6 Å². The molecule has 1 aromatic heterocycles. The molecule has 20 heavy (non-hydrogen) atoms. The first kappa shape index (κ1) is 12.6. The number of rotatable bonds is 2. The lowest BCUT2D eigenvalue weighted by molar-refractivity contribution is -0.137. The van der Waals surface area contributed by atoms with Gasteiger partial charge in [0.25, 0.3) is 0 Å². The van der Waals surface area contributed by atoms with Gasteiger partial charge in [0.15, 0.2) is 11.5 Å². The number of aromatic nitrogens is 3. The van der Waals surface area contributed by atoms with Crippen molar-refractivity contribution in [1.82, 2.24) is 15.0 Å². The largest absolute Gasteiger partial charge is 0.416 e. The van der Waals surface area contributed by atoms with Gasteiger partial charge >= 0.3 is 6.18 Å². The zero-order chi connectivity index (χ0) is 14.3. The monoisotopic (exact) mass is 282 g/mol. The molecule has 0 spiro atoms. The molecule has 0 amide bonds. The molecule has 8 heteroatoms. The Kier molecular flexibility index (Phi) is 2.73. The topological polar surface area (TPSA) is 59.8 Å². The van der Waals surface area contributed by atoms with Crippen molar-refractivity contribution < 1.29 is 18.0 Å². The van der Waals surface area contributed by atoms with E-state index in [1.807, 2.05) is 0 Å². The number of anilines is 1. The van der Waals surface area contributed by atoms with E-state index in [4.69, 9.17) is 0 Å². The maximum atomic E-state index is 12.5. The van der Waals surface area contributed by atoms with Gasteiger partial charge in [0.05, 0.1) is 12.1 Å². The average molecular weight is 282 g/mol. The fourth-order valence-corrected chi connectivity index (χ4v) is 2.02. The van der Waals surface area contributed by atoms with Crippen LogP contribution in [0.25, 0.3) is 0 Å². The summed E-state index contributed by atoms with van der Waals surface area (Å²) in [6, 6.07) is 4.05. The molecule has 0 atom stereocenters. The van der Waals surface area contributed by atoms with E-state index < -0.39 is 17.5 Å². The SMILES string of the molecule is O=C(c1ccc(C(F)(F)F)cc1)c1nnn2c1NCC2. The molecule has 0 bridgehead atoms. The Morgan fingerprint density at radius 1 is 1.25 bits per heavy atom. The van der Waals surface area contributed by atoms with Crippen molar-refractivity contribution in [2.75, 3.05) is 11.9 Å². The number of hydrogen-bond donors (Lipinski definition) is 1. The lowest BCUT2D eigenvalue weighted by atomic mass is 10.1. The molecule has 1 aromatic carbocycles. The van der Waals surface area contributed by atoms with Crippen LogP contribution in [0.5, 0.6) is 0 Å². The zero-order valence-corrected chi connectivity index (χ0v) is 10.1. The summed E-state index contributed by atoms with van der Waals surface area (Å²) >= 11 is 0. The number of fused-ring (bicyclic) bond motifs is 1. The number of nitrogens with one attached hydrogen (secondary N) is 1. The molecule has 0 fully saturated rings. The molecule has 1 aliphatic heterocycles. The molecular weight excluding hydrogens is 273 g/mol. The van der Waals surface area contributed by atoms with Gasteiger partial charge in [-0.05, 0) is 12.1 Å². The molecule has 3 rings (SSSR count). The Labute approximate surface area is 111 Å². The second-order valence-corrected chi connectivity index (χ2v) is 4.34. The van der Waals surface area contributed by atoms with Crippen LogP contribution in [0, 0.1) is 0 Å². The van der Waals surface area contributed by atoms with Gasteiger partial charge < -0.3 is 5.32 Å². The van der Waals surface area contributed by atoms with E-state index in [0.29, 0.717) is 18.9 Å². The maximum absolute atomic E-state index is 12.5. The van der Waals surface area contributed by atoms with Crippen LogP contribution < -0.4 is 5.32 Å². The van der Waals surface area contributed by atoms with E-state index in [9.17, 15) is 18.0 Å². The van der Waals surface area contributed by atoms with Crippen LogP contribution in [0.4, 0.5) is 19.0 Å². The van der Waals surface area contributed by atoms with Gasteiger partial charge in [-0.3, -0.25) is 4.79 Å². The van der Waals surface area contributed by atoms with E-state index in [0.717, 1.165) is 24.3 Å². The van der Waals surface area contributed by atoms with Crippen molar-refractivity contribution in [1.29, 1.82) is 0 Å². The third-order valence-corrected chi connectivity index (χ3v) is 3.04. The summed E-state index contributed by atoms with van der Waals surface area (Å²) in [5, 5.41) is 10.5. The normalized spacial score (nSPS) is 13.9. The molecule has 104 valence electrons. The molecule has 0 unspecified atom stereocenters. The molecule has 2 aromatic rings. The summed E-state index contributed by atoms with van der Waals surface area (Å²) in [6.45, 7) is 1.26. The van der Waals surface area contributed by atoms with E-state index in [-0.39, 0.29) is 11.3 Å². The first-order chi connectivity index (χ1) is 9.47. The molecule has 1 aliphatic rings. The van der Waals surface area contributed by atoms with E-state index >= 15 is 0 Å². The Bertz CT molecular complexity index is 660. The van der Waals surface area contributed by atoms with Gasteiger partial charge in [-0.15, -0.1) is 5.10 Å². The lowest BCUT2D eigenvalue weighted by Gasteiger charge is -2.06. The second-order valence-electron chi connectivity index (χ2n) is 4.34. The third kappa shape index (κ3) is 2.02. The summed E-state index contributed by atoms with van der Waals surface area (Å²) in [7, 11) is 0. The molecular formula is C12H9F3N4O. The number of carbonyl (C=O) groups excluding carboxylic acids is 1. The Morgan fingerprint density at radius 2 is 1.95 bits per heavy atom. The van der Waals surface area contributed by atoms with Crippen molar-refractivity contribution in [2.45, 2.75) is 12.7 Å². The number of halogens is 3. The van der Waals surface area contributed by atoms with Gasteiger partial charge in [-0.25, -0.2) is 4.68 Å².